The van der Waals surface area contributed by atoms with E-state index in [9.17, 15) is 9.90 Å². The molecule has 5 heteroatoms. The van der Waals surface area contributed by atoms with Gasteiger partial charge < -0.3 is 10.4 Å². The SMILES string of the molecule is CCCCc1nc2ccc(NCCCC3CCCCC3)cc2n1-c1cccc(-c2ccccc2C(=O)O)c1C. The predicted molar refractivity (Wildman–Crippen MR) is 161 cm³/mol. The highest BCUT2D eigenvalue weighted by Crippen LogP contribution is 2.34. The number of aromatic nitrogens is 2. The molecule has 204 valence electrons. The number of aryl methyl sites for hydroxylation is 1. The van der Waals surface area contributed by atoms with Gasteiger partial charge in [-0.25, -0.2) is 9.78 Å². The third-order valence-electron chi connectivity index (χ3n) is 8.31. The summed E-state index contributed by atoms with van der Waals surface area (Å²) in [6, 6.07) is 19.9. The lowest BCUT2D eigenvalue weighted by molar-refractivity contribution is 0.0697. The van der Waals surface area contributed by atoms with Gasteiger partial charge in [0.25, 0.3) is 0 Å². The molecule has 5 rings (SSSR count). The number of hydrogen-bond acceptors (Lipinski definition) is 3. The fraction of sp³-hybridized carbons (Fsp3) is 0.412. The molecule has 3 aromatic carbocycles. The Bertz CT molecular complexity index is 1430. The van der Waals surface area contributed by atoms with Crippen LogP contribution >= 0.6 is 0 Å². The largest absolute Gasteiger partial charge is 0.478 e. The Hall–Kier alpha value is -3.60. The topological polar surface area (TPSA) is 67.2 Å². The molecule has 0 radical (unpaired) electrons. The van der Waals surface area contributed by atoms with Crippen molar-refractivity contribution in [1.82, 2.24) is 9.55 Å². The second kappa shape index (κ2) is 12.5. The van der Waals surface area contributed by atoms with Gasteiger partial charge >= 0.3 is 5.97 Å². The average molecular weight is 524 g/mol. The lowest BCUT2D eigenvalue weighted by Crippen LogP contribution is -2.09. The summed E-state index contributed by atoms with van der Waals surface area (Å²) >= 11 is 0. The van der Waals surface area contributed by atoms with Gasteiger partial charge in [0.1, 0.15) is 5.82 Å². The summed E-state index contributed by atoms with van der Waals surface area (Å²) < 4.78 is 2.29. The molecule has 0 atom stereocenters. The molecule has 39 heavy (non-hydrogen) atoms. The van der Waals surface area contributed by atoms with Crippen molar-refractivity contribution in [3.05, 3.63) is 77.6 Å². The standard InChI is InChI=1S/C34H41N3O2/c1-3-4-19-33-36-30-21-20-26(35-22-11-14-25-12-6-5-7-13-25)23-32(30)37(33)31-18-10-17-27(24(31)2)28-15-8-9-16-29(28)34(38)39/h8-10,15-18,20-21,23,25,35H,3-7,11-14,19,22H2,1-2H3,(H,38,39). The molecule has 1 aliphatic rings. The lowest BCUT2D eigenvalue weighted by atomic mass is 9.86. The number of imidazole rings is 1. The monoisotopic (exact) mass is 523 g/mol. The molecule has 0 unspecified atom stereocenters. The van der Waals surface area contributed by atoms with Crippen LogP contribution in [0.4, 0.5) is 5.69 Å². The molecule has 2 N–H and O–H groups in total. The van der Waals surface area contributed by atoms with Gasteiger partial charge in [-0.15, -0.1) is 0 Å². The Labute approximate surface area is 232 Å². The zero-order valence-electron chi connectivity index (χ0n) is 23.4. The number of aromatic carboxylic acids is 1. The summed E-state index contributed by atoms with van der Waals surface area (Å²) in [6.07, 6.45) is 12.6. The van der Waals surface area contributed by atoms with Gasteiger partial charge in [0.15, 0.2) is 0 Å². The van der Waals surface area contributed by atoms with E-state index < -0.39 is 5.97 Å². The molecule has 5 nitrogen and oxygen atoms in total. The number of fused-ring (bicyclic) bond motifs is 1. The van der Waals surface area contributed by atoms with Gasteiger partial charge in [-0.3, -0.25) is 4.57 Å². The maximum Gasteiger partial charge on any atom is 0.336 e. The Kier molecular flexibility index (Phi) is 8.65. The van der Waals surface area contributed by atoms with E-state index in [1.54, 1.807) is 12.1 Å². The fourth-order valence-electron chi connectivity index (χ4n) is 6.17. The van der Waals surface area contributed by atoms with E-state index in [1.807, 2.05) is 24.3 Å². The highest BCUT2D eigenvalue weighted by molar-refractivity contribution is 5.97. The number of anilines is 1. The summed E-state index contributed by atoms with van der Waals surface area (Å²) in [7, 11) is 0. The molecule has 0 aliphatic heterocycles. The molecule has 4 aromatic rings. The lowest BCUT2D eigenvalue weighted by Gasteiger charge is -2.21. The van der Waals surface area contributed by atoms with Crippen LogP contribution in [0.15, 0.2) is 60.7 Å². The first-order valence-electron chi connectivity index (χ1n) is 14.7. The molecule has 0 amide bonds. The van der Waals surface area contributed by atoms with E-state index in [0.717, 1.165) is 76.6 Å². The predicted octanol–water partition coefficient (Wildman–Crippen LogP) is 8.81. The number of carboxylic acids is 1. The van der Waals surface area contributed by atoms with Crippen molar-refractivity contribution in [2.75, 3.05) is 11.9 Å². The quantitative estimate of drug-likeness (QED) is 0.193. The van der Waals surface area contributed by atoms with E-state index in [1.165, 1.54) is 44.9 Å². The van der Waals surface area contributed by atoms with Crippen molar-refractivity contribution < 1.29 is 9.90 Å². The van der Waals surface area contributed by atoms with Gasteiger partial charge in [0.2, 0.25) is 0 Å². The van der Waals surface area contributed by atoms with E-state index in [-0.39, 0.29) is 0 Å². The van der Waals surface area contributed by atoms with Crippen LogP contribution in [0.5, 0.6) is 0 Å². The number of carboxylic acid groups (broad SMARTS) is 1. The van der Waals surface area contributed by atoms with Crippen molar-refractivity contribution in [2.24, 2.45) is 5.92 Å². The van der Waals surface area contributed by atoms with Crippen molar-refractivity contribution >= 4 is 22.7 Å². The first kappa shape index (κ1) is 27.0. The van der Waals surface area contributed by atoms with Crippen LogP contribution in [0, 0.1) is 12.8 Å². The van der Waals surface area contributed by atoms with Crippen LogP contribution in [0.1, 0.15) is 86.5 Å². The van der Waals surface area contributed by atoms with Gasteiger partial charge in [0, 0.05) is 18.7 Å². The van der Waals surface area contributed by atoms with Gasteiger partial charge in [0.05, 0.1) is 22.3 Å². The maximum absolute atomic E-state index is 12.0. The number of rotatable bonds is 11. The van der Waals surface area contributed by atoms with Crippen LogP contribution in [0.2, 0.25) is 0 Å². The van der Waals surface area contributed by atoms with Crippen LogP contribution < -0.4 is 5.32 Å². The summed E-state index contributed by atoms with van der Waals surface area (Å²) in [4.78, 5) is 17.0. The molecule has 0 saturated heterocycles. The highest BCUT2D eigenvalue weighted by atomic mass is 16.4. The van der Waals surface area contributed by atoms with Crippen LogP contribution in [0.25, 0.3) is 27.8 Å². The van der Waals surface area contributed by atoms with Gasteiger partial charge in [-0.05, 0) is 79.1 Å². The van der Waals surface area contributed by atoms with Crippen LogP contribution in [-0.2, 0) is 6.42 Å². The Morgan fingerprint density at radius 1 is 1.00 bits per heavy atom. The molecule has 1 heterocycles. The van der Waals surface area contributed by atoms with E-state index in [0.29, 0.717) is 5.56 Å². The molecular weight excluding hydrogens is 482 g/mol. The van der Waals surface area contributed by atoms with Crippen LogP contribution in [0.3, 0.4) is 0 Å². The molecule has 1 aliphatic carbocycles. The third kappa shape index (κ3) is 6.03. The zero-order valence-corrected chi connectivity index (χ0v) is 23.4. The summed E-state index contributed by atoms with van der Waals surface area (Å²) in [5.41, 5.74) is 7.30. The first-order valence-corrected chi connectivity index (χ1v) is 14.7. The zero-order chi connectivity index (χ0) is 27.2. The molecule has 0 spiro atoms. The number of hydrogen-bond donors (Lipinski definition) is 2. The number of nitrogens with one attached hydrogen (secondary N) is 1. The minimum atomic E-state index is -0.911. The molecular formula is C34H41N3O2. The summed E-state index contributed by atoms with van der Waals surface area (Å²) in [6.45, 7) is 5.28. The summed E-state index contributed by atoms with van der Waals surface area (Å²) in [5, 5.41) is 13.5. The van der Waals surface area contributed by atoms with Crippen molar-refractivity contribution in [3.8, 4) is 16.8 Å². The molecule has 1 fully saturated rings. The Balaban J connectivity index is 1.48. The fourth-order valence-corrected chi connectivity index (χ4v) is 6.17. The molecule has 1 saturated carbocycles. The number of benzene rings is 3. The second-order valence-corrected chi connectivity index (χ2v) is 11.0. The number of unbranched alkanes of at least 4 members (excludes halogenated alkanes) is 1. The minimum absolute atomic E-state index is 0.319. The van der Waals surface area contributed by atoms with E-state index in [2.05, 4.69) is 48.0 Å². The normalized spacial score (nSPS) is 14.1. The third-order valence-corrected chi connectivity index (χ3v) is 8.31. The minimum Gasteiger partial charge on any atom is -0.478 e. The first-order chi connectivity index (χ1) is 19.1. The van der Waals surface area contributed by atoms with Gasteiger partial charge in [-0.2, -0.15) is 0 Å². The Morgan fingerprint density at radius 2 is 1.79 bits per heavy atom. The second-order valence-electron chi connectivity index (χ2n) is 11.0. The average Bonchev–Trinajstić information content (AvgIpc) is 3.32. The summed E-state index contributed by atoms with van der Waals surface area (Å²) in [5.74, 6) is 1.05. The Morgan fingerprint density at radius 3 is 2.59 bits per heavy atom. The van der Waals surface area contributed by atoms with Crippen molar-refractivity contribution in [3.63, 3.8) is 0 Å². The van der Waals surface area contributed by atoms with E-state index in [4.69, 9.17) is 4.98 Å². The smallest absolute Gasteiger partial charge is 0.336 e. The van der Waals surface area contributed by atoms with Crippen molar-refractivity contribution in [2.45, 2.75) is 78.1 Å². The van der Waals surface area contributed by atoms with Gasteiger partial charge in [-0.1, -0.05) is 75.8 Å². The molecule has 0 bridgehead atoms. The van der Waals surface area contributed by atoms with Crippen LogP contribution in [-0.4, -0.2) is 27.2 Å². The highest BCUT2D eigenvalue weighted by Gasteiger charge is 2.19. The number of carbonyl (C=O) groups is 1. The number of nitrogens with zero attached hydrogens (tertiary/aromatic N) is 2. The van der Waals surface area contributed by atoms with Crippen molar-refractivity contribution in [1.29, 1.82) is 0 Å². The van der Waals surface area contributed by atoms with E-state index >= 15 is 0 Å². The maximum atomic E-state index is 12.0. The molecule has 1 aromatic heterocycles.